The molecule has 0 spiro atoms. The van der Waals surface area contributed by atoms with Gasteiger partial charge in [0.1, 0.15) is 0 Å². The average Bonchev–Trinajstić information content (AvgIpc) is 3.34. The molecule has 1 heteroatoms. The molecule has 4 unspecified atom stereocenters. The standard InChI is InChI=1S/C18H25N/c1-19-16(11-8-12-6-7-12)18-15-10-9-13-4-2-3-5-14(13)17(15)18/h2-5,12,15-19H,6-11H2,1H3. The van der Waals surface area contributed by atoms with Crippen LogP contribution in [-0.2, 0) is 6.42 Å². The van der Waals surface area contributed by atoms with Gasteiger partial charge in [0.2, 0.25) is 0 Å². The summed E-state index contributed by atoms with van der Waals surface area (Å²) in [6.45, 7) is 0. The van der Waals surface area contributed by atoms with E-state index in [1.807, 2.05) is 0 Å². The van der Waals surface area contributed by atoms with Crippen molar-refractivity contribution in [3.05, 3.63) is 35.4 Å². The highest BCUT2D eigenvalue weighted by atomic mass is 14.9. The van der Waals surface area contributed by atoms with Gasteiger partial charge in [-0.05, 0) is 67.5 Å². The Morgan fingerprint density at radius 3 is 2.84 bits per heavy atom. The van der Waals surface area contributed by atoms with Crippen LogP contribution in [0, 0.1) is 17.8 Å². The summed E-state index contributed by atoms with van der Waals surface area (Å²) in [7, 11) is 2.17. The summed E-state index contributed by atoms with van der Waals surface area (Å²) in [6.07, 6.45) is 8.60. The highest BCUT2D eigenvalue weighted by Crippen LogP contribution is 2.61. The third kappa shape index (κ3) is 2.12. The molecular weight excluding hydrogens is 230 g/mol. The first-order valence-electron chi connectivity index (χ1n) is 8.13. The Balaban J connectivity index is 1.48. The normalized spacial score (nSPS) is 33.4. The molecule has 2 fully saturated rings. The minimum atomic E-state index is 0.766. The fraction of sp³-hybridized carbons (Fsp3) is 0.667. The van der Waals surface area contributed by atoms with Crippen molar-refractivity contribution < 1.29 is 0 Å². The molecule has 0 aromatic heterocycles. The predicted molar refractivity (Wildman–Crippen MR) is 79.3 cm³/mol. The Morgan fingerprint density at radius 2 is 2.05 bits per heavy atom. The van der Waals surface area contributed by atoms with Crippen molar-refractivity contribution in [1.82, 2.24) is 5.32 Å². The summed E-state index contributed by atoms with van der Waals surface area (Å²) in [4.78, 5) is 0. The summed E-state index contributed by atoms with van der Waals surface area (Å²) in [6, 6.07) is 9.94. The third-order valence-corrected chi connectivity index (χ3v) is 5.81. The lowest BCUT2D eigenvalue weighted by Gasteiger charge is -2.16. The smallest absolute Gasteiger partial charge is 0.0101 e. The van der Waals surface area contributed by atoms with E-state index in [1.54, 1.807) is 11.1 Å². The molecule has 4 rings (SSSR count). The highest BCUT2D eigenvalue weighted by Gasteiger charge is 2.55. The number of nitrogens with one attached hydrogen (secondary N) is 1. The molecule has 0 radical (unpaired) electrons. The summed E-state index contributed by atoms with van der Waals surface area (Å²) >= 11 is 0. The number of fused-ring (bicyclic) bond motifs is 3. The van der Waals surface area contributed by atoms with E-state index >= 15 is 0 Å². The minimum Gasteiger partial charge on any atom is -0.317 e. The van der Waals surface area contributed by atoms with Crippen LogP contribution in [0.15, 0.2) is 24.3 Å². The largest absolute Gasteiger partial charge is 0.317 e. The van der Waals surface area contributed by atoms with E-state index in [0.717, 1.165) is 29.7 Å². The Hall–Kier alpha value is -0.820. The van der Waals surface area contributed by atoms with Crippen molar-refractivity contribution >= 4 is 0 Å². The van der Waals surface area contributed by atoms with Gasteiger partial charge >= 0.3 is 0 Å². The Morgan fingerprint density at radius 1 is 1.21 bits per heavy atom. The molecule has 1 N–H and O–H groups in total. The average molecular weight is 255 g/mol. The molecule has 19 heavy (non-hydrogen) atoms. The lowest BCUT2D eigenvalue weighted by molar-refractivity contribution is 0.418. The highest BCUT2D eigenvalue weighted by molar-refractivity contribution is 5.40. The van der Waals surface area contributed by atoms with Gasteiger partial charge < -0.3 is 5.32 Å². The summed E-state index contributed by atoms with van der Waals surface area (Å²) in [5, 5.41) is 3.63. The monoisotopic (exact) mass is 255 g/mol. The predicted octanol–water partition coefficient (Wildman–Crippen LogP) is 3.74. The zero-order valence-corrected chi connectivity index (χ0v) is 11.9. The molecule has 0 aliphatic heterocycles. The lowest BCUT2D eigenvalue weighted by atomic mass is 9.92. The van der Waals surface area contributed by atoms with Gasteiger partial charge in [0.05, 0.1) is 0 Å². The van der Waals surface area contributed by atoms with E-state index < -0.39 is 0 Å². The van der Waals surface area contributed by atoms with Crippen LogP contribution in [-0.4, -0.2) is 13.1 Å². The second kappa shape index (κ2) is 4.63. The molecule has 4 atom stereocenters. The fourth-order valence-corrected chi connectivity index (χ4v) is 4.52. The first kappa shape index (κ1) is 12.0. The molecule has 3 aliphatic carbocycles. The topological polar surface area (TPSA) is 12.0 Å². The molecule has 2 saturated carbocycles. The van der Waals surface area contributed by atoms with Gasteiger partial charge in [0.25, 0.3) is 0 Å². The van der Waals surface area contributed by atoms with Crippen molar-refractivity contribution in [3.63, 3.8) is 0 Å². The van der Waals surface area contributed by atoms with Crippen LogP contribution in [0.3, 0.4) is 0 Å². The Bertz CT molecular complexity index is 463. The summed E-state index contributed by atoms with van der Waals surface area (Å²) in [5.74, 6) is 3.85. The van der Waals surface area contributed by atoms with Gasteiger partial charge in [-0.15, -0.1) is 0 Å². The first-order chi connectivity index (χ1) is 9.38. The third-order valence-electron chi connectivity index (χ3n) is 5.81. The van der Waals surface area contributed by atoms with Gasteiger partial charge in [-0.25, -0.2) is 0 Å². The number of hydrogen-bond donors (Lipinski definition) is 1. The number of benzene rings is 1. The van der Waals surface area contributed by atoms with Gasteiger partial charge in [0.15, 0.2) is 0 Å². The summed E-state index contributed by atoms with van der Waals surface area (Å²) in [5.41, 5.74) is 3.30. The SMILES string of the molecule is CNC(CCC1CC1)C1C2CCc3ccccc3C21. The first-order valence-corrected chi connectivity index (χ1v) is 8.13. The van der Waals surface area contributed by atoms with Crippen molar-refractivity contribution in [2.45, 2.75) is 50.5 Å². The van der Waals surface area contributed by atoms with Gasteiger partial charge in [-0.2, -0.15) is 0 Å². The maximum atomic E-state index is 3.63. The summed E-state index contributed by atoms with van der Waals surface area (Å²) < 4.78 is 0. The van der Waals surface area contributed by atoms with Crippen molar-refractivity contribution in [3.8, 4) is 0 Å². The van der Waals surface area contributed by atoms with E-state index in [9.17, 15) is 0 Å². The van der Waals surface area contributed by atoms with Crippen LogP contribution in [0.25, 0.3) is 0 Å². The van der Waals surface area contributed by atoms with Crippen LogP contribution >= 0.6 is 0 Å². The van der Waals surface area contributed by atoms with Gasteiger partial charge in [-0.3, -0.25) is 0 Å². The Kier molecular flexibility index (Phi) is 2.91. The number of hydrogen-bond acceptors (Lipinski definition) is 1. The molecule has 3 aliphatic rings. The van der Waals surface area contributed by atoms with Crippen LogP contribution in [0.4, 0.5) is 0 Å². The fourth-order valence-electron chi connectivity index (χ4n) is 4.52. The maximum absolute atomic E-state index is 3.63. The molecule has 0 amide bonds. The number of aryl methyl sites for hydroxylation is 1. The molecular formula is C18H25N. The second-order valence-electron chi connectivity index (χ2n) is 6.92. The number of rotatable bonds is 5. The van der Waals surface area contributed by atoms with Crippen LogP contribution in [0.5, 0.6) is 0 Å². The second-order valence-corrected chi connectivity index (χ2v) is 6.92. The molecule has 102 valence electrons. The van der Waals surface area contributed by atoms with E-state index in [-0.39, 0.29) is 0 Å². The van der Waals surface area contributed by atoms with E-state index in [2.05, 4.69) is 36.6 Å². The zero-order chi connectivity index (χ0) is 12.8. The van der Waals surface area contributed by atoms with Gasteiger partial charge in [0, 0.05) is 6.04 Å². The van der Waals surface area contributed by atoms with Crippen LogP contribution in [0.1, 0.15) is 49.1 Å². The van der Waals surface area contributed by atoms with Gasteiger partial charge in [-0.1, -0.05) is 37.1 Å². The Labute approximate surface area is 116 Å². The van der Waals surface area contributed by atoms with Crippen molar-refractivity contribution in [2.24, 2.45) is 17.8 Å². The quantitative estimate of drug-likeness (QED) is 0.845. The maximum Gasteiger partial charge on any atom is 0.0101 e. The zero-order valence-electron chi connectivity index (χ0n) is 11.9. The molecule has 1 aromatic rings. The van der Waals surface area contributed by atoms with Crippen molar-refractivity contribution in [1.29, 1.82) is 0 Å². The van der Waals surface area contributed by atoms with Crippen molar-refractivity contribution in [2.75, 3.05) is 7.05 Å². The van der Waals surface area contributed by atoms with Crippen LogP contribution < -0.4 is 5.32 Å². The molecule has 1 aromatic carbocycles. The van der Waals surface area contributed by atoms with E-state index in [4.69, 9.17) is 0 Å². The van der Waals surface area contributed by atoms with E-state index in [0.29, 0.717) is 0 Å². The molecule has 0 bridgehead atoms. The molecule has 0 heterocycles. The molecule has 0 saturated heterocycles. The van der Waals surface area contributed by atoms with E-state index in [1.165, 1.54) is 38.5 Å². The minimum absolute atomic E-state index is 0.766. The lowest BCUT2D eigenvalue weighted by Crippen LogP contribution is -2.28. The molecule has 1 nitrogen and oxygen atoms in total. The van der Waals surface area contributed by atoms with Crippen LogP contribution in [0.2, 0.25) is 0 Å².